The second-order valence-electron chi connectivity index (χ2n) is 12.2. The largest absolute Gasteiger partial charge is 0.376 e. The molecule has 9 heteroatoms. The fraction of sp³-hybridized carbons (Fsp3) is 0.633. The van der Waals surface area contributed by atoms with Gasteiger partial charge in [0, 0.05) is 29.9 Å². The predicted octanol–water partition coefficient (Wildman–Crippen LogP) is 3.86. The number of anilines is 1. The van der Waals surface area contributed by atoms with Crippen molar-refractivity contribution in [2.24, 2.45) is 23.7 Å². The number of likely N-dealkylation sites (tertiary alicyclic amines) is 1. The molecule has 3 amide bonds. The minimum Gasteiger partial charge on any atom is -0.376 e. The fourth-order valence-corrected chi connectivity index (χ4v) is 7.60. The first kappa shape index (κ1) is 26.8. The molecule has 9 unspecified atom stereocenters. The summed E-state index contributed by atoms with van der Waals surface area (Å²) in [4.78, 5) is 43.5. The molecular weight excluding hydrogens is 518 g/mol. The van der Waals surface area contributed by atoms with Gasteiger partial charge in [0.2, 0.25) is 17.7 Å². The smallest absolute Gasteiger partial charge is 0.246 e. The molecule has 3 saturated heterocycles. The van der Waals surface area contributed by atoms with E-state index in [1.807, 2.05) is 25.1 Å². The Balaban J connectivity index is 1.29. The van der Waals surface area contributed by atoms with E-state index >= 15 is 0 Å². The number of nitrogens with zero attached hydrogens (tertiary/aromatic N) is 1. The van der Waals surface area contributed by atoms with Gasteiger partial charge in [0.05, 0.1) is 24.0 Å². The Morgan fingerprint density at radius 2 is 1.97 bits per heavy atom. The number of benzene rings is 1. The Morgan fingerprint density at radius 1 is 1.15 bits per heavy atom. The van der Waals surface area contributed by atoms with Crippen LogP contribution in [0.5, 0.6) is 0 Å². The van der Waals surface area contributed by atoms with E-state index in [0.717, 1.165) is 37.7 Å². The van der Waals surface area contributed by atoms with Gasteiger partial charge in [-0.25, -0.2) is 0 Å². The minimum absolute atomic E-state index is 0.0457. The number of carbonyl (C=O) groups is 3. The monoisotopic (exact) mass is 555 g/mol. The molecule has 4 heterocycles. The van der Waals surface area contributed by atoms with Gasteiger partial charge in [0.1, 0.15) is 11.6 Å². The average molecular weight is 556 g/mol. The van der Waals surface area contributed by atoms with Gasteiger partial charge in [-0.2, -0.15) is 0 Å². The highest BCUT2D eigenvalue weighted by Gasteiger charge is 2.73. The number of hydrogen-bond donors (Lipinski definition) is 2. The van der Waals surface area contributed by atoms with Crippen LogP contribution in [0.1, 0.15) is 51.5 Å². The van der Waals surface area contributed by atoms with Crippen molar-refractivity contribution in [3.05, 3.63) is 40.9 Å². The standard InChI is InChI=1S/C30H38ClN3O5/c1-16-6-4-8-22(18(16)3)33-28(36)26-30-12-11-23(39-30)24(27(35)32-19-10-9-17(2)21(31)14-19)25(30)29(37)34(26)15-20-7-5-13-38-20/h9-12,14,16,18,20,22-26H,4-8,13,15H2,1-3H3,(H,32,35)(H,33,36). The zero-order valence-electron chi connectivity index (χ0n) is 22.8. The van der Waals surface area contributed by atoms with E-state index in [1.165, 1.54) is 0 Å². The number of ether oxygens (including phenoxy) is 2. The summed E-state index contributed by atoms with van der Waals surface area (Å²) in [5.41, 5.74) is 0.291. The van der Waals surface area contributed by atoms with Crippen LogP contribution in [0, 0.1) is 30.6 Å². The number of aryl methyl sites for hydroxylation is 1. The van der Waals surface area contributed by atoms with Crippen LogP contribution in [0.4, 0.5) is 5.69 Å². The van der Waals surface area contributed by atoms with E-state index < -0.39 is 29.6 Å². The molecule has 0 radical (unpaired) electrons. The first-order valence-electron chi connectivity index (χ1n) is 14.4. The van der Waals surface area contributed by atoms with Crippen LogP contribution in [0.3, 0.4) is 0 Å². The maximum Gasteiger partial charge on any atom is 0.246 e. The van der Waals surface area contributed by atoms with Crippen LogP contribution in [0.2, 0.25) is 5.02 Å². The Bertz CT molecular complexity index is 1200. The summed E-state index contributed by atoms with van der Waals surface area (Å²) in [6, 6.07) is 4.54. The van der Waals surface area contributed by atoms with E-state index in [-0.39, 0.29) is 29.9 Å². The van der Waals surface area contributed by atoms with Crippen LogP contribution in [-0.4, -0.2) is 65.7 Å². The molecule has 0 aromatic heterocycles. The third kappa shape index (κ3) is 4.49. The van der Waals surface area contributed by atoms with Crippen molar-refractivity contribution in [2.75, 3.05) is 18.5 Å². The van der Waals surface area contributed by atoms with Crippen molar-refractivity contribution in [1.29, 1.82) is 0 Å². The van der Waals surface area contributed by atoms with Gasteiger partial charge in [0.15, 0.2) is 0 Å². The van der Waals surface area contributed by atoms with Crippen molar-refractivity contribution < 1.29 is 23.9 Å². The van der Waals surface area contributed by atoms with Crippen molar-refractivity contribution in [3.63, 3.8) is 0 Å². The molecule has 4 aliphatic heterocycles. The SMILES string of the molecule is Cc1ccc(NC(=O)C2C3C=CC4(O3)C2C(=O)N(CC2CCCO2)C4C(=O)NC2CCCC(C)C2C)cc1Cl. The molecule has 6 rings (SSSR count). The number of hydrogen-bond acceptors (Lipinski definition) is 5. The molecule has 8 nitrogen and oxygen atoms in total. The van der Waals surface area contributed by atoms with Crippen LogP contribution >= 0.6 is 11.6 Å². The molecule has 2 bridgehead atoms. The second kappa shape index (κ2) is 10.2. The Morgan fingerprint density at radius 3 is 2.72 bits per heavy atom. The zero-order chi connectivity index (χ0) is 27.5. The molecule has 39 heavy (non-hydrogen) atoms. The first-order valence-corrected chi connectivity index (χ1v) is 14.7. The Labute approximate surface area is 234 Å². The zero-order valence-corrected chi connectivity index (χ0v) is 23.6. The Kier molecular flexibility index (Phi) is 7.01. The van der Waals surface area contributed by atoms with Gasteiger partial charge in [-0.3, -0.25) is 14.4 Å². The highest BCUT2D eigenvalue weighted by molar-refractivity contribution is 6.31. The lowest BCUT2D eigenvalue weighted by atomic mass is 9.73. The van der Waals surface area contributed by atoms with Crippen molar-refractivity contribution in [1.82, 2.24) is 10.2 Å². The maximum atomic E-state index is 14.1. The maximum absolute atomic E-state index is 14.1. The Hall–Kier alpha value is -2.42. The van der Waals surface area contributed by atoms with E-state index in [1.54, 1.807) is 17.0 Å². The van der Waals surface area contributed by atoms with Crippen LogP contribution in [0.15, 0.2) is 30.4 Å². The average Bonchev–Trinajstić information content (AvgIpc) is 3.67. The molecule has 1 aromatic rings. The topological polar surface area (TPSA) is 97.0 Å². The molecule has 5 aliphatic rings. The third-order valence-electron chi connectivity index (χ3n) is 9.82. The quantitative estimate of drug-likeness (QED) is 0.520. The van der Waals surface area contributed by atoms with Crippen LogP contribution in [-0.2, 0) is 23.9 Å². The summed E-state index contributed by atoms with van der Waals surface area (Å²) in [5.74, 6) is -1.40. The molecule has 2 N–H and O–H groups in total. The molecule has 1 aromatic carbocycles. The van der Waals surface area contributed by atoms with Gasteiger partial charge >= 0.3 is 0 Å². The third-order valence-corrected chi connectivity index (χ3v) is 10.2. The lowest BCUT2D eigenvalue weighted by molar-refractivity contribution is -0.143. The lowest BCUT2D eigenvalue weighted by Gasteiger charge is -2.38. The first-order chi connectivity index (χ1) is 18.7. The van der Waals surface area contributed by atoms with Crippen molar-refractivity contribution in [2.45, 2.75) is 82.8 Å². The number of amides is 3. The van der Waals surface area contributed by atoms with Gasteiger partial charge in [-0.15, -0.1) is 0 Å². The second-order valence-corrected chi connectivity index (χ2v) is 12.6. The highest BCUT2D eigenvalue weighted by atomic mass is 35.5. The van der Waals surface area contributed by atoms with E-state index in [2.05, 4.69) is 24.5 Å². The summed E-state index contributed by atoms with van der Waals surface area (Å²) in [7, 11) is 0. The highest BCUT2D eigenvalue weighted by Crippen LogP contribution is 2.55. The number of nitrogens with one attached hydrogen (secondary N) is 2. The summed E-state index contributed by atoms with van der Waals surface area (Å²) < 4.78 is 12.3. The number of rotatable bonds is 6. The predicted molar refractivity (Wildman–Crippen MR) is 147 cm³/mol. The van der Waals surface area contributed by atoms with Gasteiger partial charge in [-0.05, 0) is 55.7 Å². The fourth-order valence-electron chi connectivity index (χ4n) is 7.42. The molecule has 4 fully saturated rings. The van der Waals surface area contributed by atoms with E-state index in [4.69, 9.17) is 21.1 Å². The summed E-state index contributed by atoms with van der Waals surface area (Å²) in [6.45, 7) is 7.28. The molecule has 1 spiro atoms. The lowest BCUT2D eigenvalue weighted by Crippen LogP contribution is -2.58. The van der Waals surface area contributed by atoms with E-state index in [0.29, 0.717) is 35.7 Å². The molecule has 210 valence electrons. The number of carbonyl (C=O) groups excluding carboxylic acids is 3. The van der Waals surface area contributed by atoms with Crippen LogP contribution in [0.25, 0.3) is 0 Å². The van der Waals surface area contributed by atoms with Gasteiger partial charge in [0.25, 0.3) is 0 Å². The molecule has 9 atom stereocenters. The summed E-state index contributed by atoms with van der Waals surface area (Å²) in [6.07, 6.45) is 7.91. The van der Waals surface area contributed by atoms with Gasteiger partial charge in [-0.1, -0.05) is 56.5 Å². The summed E-state index contributed by atoms with van der Waals surface area (Å²) >= 11 is 6.28. The molecule has 1 aliphatic carbocycles. The number of fused-ring (bicyclic) bond motifs is 1. The van der Waals surface area contributed by atoms with E-state index in [9.17, 15) is 14.4 Å². The normalized spacial score (nSPS) is 38.8. The van der Waals surface area contributed by atoms with Gasteiger partial charge < -0.3 is 25.0 Å². The minimum atomic E-state index is -1.18. The van der Waals surface area contributed by atoms with Crippen LogP contribution < -0.4 is 10.6 Å². The molecule has 1 saturated carbocycles. The summed E-state index contributed by atoms with van der Waals surface area (Å²) in [5, 5.41) is 6.79. The van der Waals surface area contributed by atoms with Crippen molar-refractivity contribution >= 4 is 35.0 Å². The number of halogens is 1. The van der Waals surface area contributed by atoms with Crippen molar-refractivity contribution in [3.8, 4) is 0 Å². The molecular formula is C30H38ClN3O5.